The third-order valence-corrected chi connectivity index (χ3v) is 2.55. The Balaban J connectivity index is 2.20. The number of halogens is 1. The van der Waals surface area contributed by atoms with Crippen LogP contribution in [0.1, 0.15) is 24.8 Å². The van der Waals surface area contributed by atoms with Crippen molar-refractivity contribution < 1.29 is 5.11 Å². The average Bonchev–Trinajstić information content (AvgIpc) is 2.25. The topological polar surface area (TPSA) is 20.2 Å². The van der Waals surface area contributed by atoms with E-state index in [0.29, 0.717) is 5.88 Å². The lowest BCUT2D eigenvalue weighted by Gasteiger charge is -2.08. The van der Waals surface area contributed by atoms with Gasteiger partial charge in [0.05, 0.1) is 6.10 Å². The third kappa shape index (κ3) is 4.64. The van der Waals surface area contributed by atoms with E-state index in [4.69, 9.17) is 11.6 Å². The summed E-state index contributed by atoms with van der Waals surface area (Å²) in [6, 6.07) is 10.2. The van der Waals surface area contributed by atoms with Gasteiger partial charge in [-0.15, -0.1) is 11.6 Å². The van der Waals surface area contributed by atoms with Crippen molar-refractivity contribution in [3.8, 4) is 0 Å². The predicted octanol–water partition coefficient (Wildman–Crippen LogP) is 3.00. The van der Waals surface area contributed by atoms with Gasteiger partial charge in [-0.25, -0.2) is 0 Å². The van der Waals surface area contributed by atoms with Crippen LogP contribution in [0.25, 0.3) is 0 Å². The Bertz CT molecular complexity index is 235. The van der Waals surface area contributed by atoms with Crippen molar-refractivity contribution in [2.75, 3.05) is 5.88 Å². The summed E-state index contributed by atoms with van der Waals surface area (Å²) in [5, 5.41) is 9.58. The Morgan fingerprint density at radius 1 is 1.14 bits per heavy atom. The molecule has 0 aromatic heterocycles. The molecule has 0 amide bonds. The van der Waals surface area contributed by atoms with Crippen LogP contribution in [0.4, 0.5) is 0 Å². The summed E-state index contributed by atoms with van der Waals surface area (Å²) in [5.41, 5.74) is 1.29. The van der Waals surface area contributed by atoms with Crippen LogP contribution in [0, 0.1) is 0 Å². The third-order valence-electron chi connectivity index (χ3n) is 2.28. The van der Waals surface area contributed by atoms with Crippen LogP contribution in [-0.2, 0) is 6.42 Å². The molecule has 78 valence electrons. The van der Waals surface area contributed by atoms with Gasteiger partial charge in [0.25, 0.3) is 0 Å². The van der Waals surface area contributed by atoms with Crippen molar-refractivity contribution in [1.29, 1.82) is 0 Å². The maximum absolute atomic E-state index is 9.58. The molecule has 0 heterocycles. The summed E-state index contributed by atoms with van der Waals surface area (Å²) in [4.78, 5) is 0. The summed E-state index contributed by atoms with van der Waals surface area (Å²) >= 11 is 5.55. The molecule has 1 atom stereocenters. The first-order chi connectivity index (χ1) is 6.83. The van der Waals surface area contributed by atoms with E-state index in [1.165, 1.54) is 5.56 Å². The highest BCUT2D eigenvalue weighted by Crippen LogP contribution is 2.08. The Morgan fingerprint density at radius 2 is 1.86 bits per heavy atom. The first-order valence-corrected chi connectivity index (χ1v) is 5.64. The highest BCUT2D eigenvalue weighted by Gasteiger charge is 2.03. The van der Waals surface area contributed by atoms with Crippen LogP contribution in [-0.4, -0.2) is 17.1 Å². The van der Waals surface area contributed by atoms with Gasteiger partial charge in [0.15, 0.2) is 0 Å². The fourth-order valence-corrected chi connectivity index (χ4v) is 1.59. The van der Waals surface area contributed by atoms with Gasteiger partial charge >= 0.3 is 0 Å². The molecule has 0 radical (unpaired) electrons. The number of hydrogen-bond acceptors (Lipinski definition) is 1. The monoisotopic (exact) mass is 212 g/mol. The zero-order valence-electron chi connectivity index (χ0n) is 8.32. The standard InChI is InChI=1S/C12H17ClO/c13-10-4-7-12(14)9-8-11-5-2-1-3-6-11/h1-3,5-6,12,14H,4,7-10H2. The lowest BCUT2D eigenvalue weighted by molar-refractivity contribution is 0.154. The molecule has 0 aliphatic rings. The van der Waals surface area contributed by atoms with Crippen molar-refractivity contribution in [3.63, 3.8) is 0 Å². The lowest BCUT2D eigenvalue weighted by atomic mass is 10.0. The predicted molar refractivity (Wildman–Crippen MR) is 60.7 cm³/mol. The van der Waals surface area contributed by atoms with Crippen LogP contribution in [0.5, 0.6) is 0 Å². The molecule has 2 heteroatoms. The second-order valence-electron chi connectivity index (χ2n) is 3.51. The number of rotatable bonds is 6. The Labute approximate surface area is 90.7 Å². The SMILES string of the molecule is OC(CCCCl)CCc1ccccc1. The largest absolute Gasteiger partial charge is 0.393 e. The smallest absolute Gasteiger partial charge is 0.0543 e. The van der Waals surface area contributed by atoms with E-state index < -0.39 is 0 Å². The van der Waals surface area contributed by atoms with Crippen LogP contribution in [0.3, 0.4) is 0 Å². The van der Waals surface area contributed by atoms with Crippen LogP contribution in [0.2, 0.25) is 0 Å². The molecule has 0 bridgehead atoms. The molecule has 0 saturated carbocycles. The lowest BCUT2D eigenvalue weighted by Crippen LogP contribution is -2.07. The summed E-state index contributed by atoms with van der Waals surface area (Å²) < 4.78 is 0. The van der Waals surface area contributed by atoms with Crippen molar-refractivity contribution in [3.05, 3.63) is 35.9 Å². The number of benzene rings is 1. The second kappa shape index (κ2) is 6.86. The minimum absolute atomic E-state index is 0.200. The fourth-order valence-electron chi connectivity index (χ4n) is 1.44. The van der Waals surface area contributed by atoms with E-state index in [1.807, 2.05) is 18.2 Å². The number of aryl methyl sites for hydroxylation is 1. The van der Waals surface area contributed by atoms with Crippen molar-refractivity contribution in [2.24, 2.45) is 0 Å². The number of aliphatic hydroxyl groups excluding tert-OH is 1. The molecule has 14 heavy (non-hydrogen) atoms. The molecule has 1 N–H and O–H groups in total. The Kier molecular flexibility index (Phi) is 5.65. The first-order valence-electron chi connectivity index (χ1n) is 5.11. The van der Waals surface area contributed by atoms with E-state index in [0.717, 1.165) is 25.7 Å². The average molecular weight is 213 g/mol. The van der Waals surface area contributed by atoms with Crippen molar-refractivity contribution in [2.45, 2.75) is 31.8 Å². The maximum Gasteiger partial charge on any atom is 0.0543 e. The van der Waals surface area contributed by atoms with E-state index in [9.17, 15) is 5.11 Å². The highest BCUT2D eigenvalue weighted by atomic mass is 35.5. The summed E-state index contributed by atoms with van der Waals surface area (Å²) in [6.07, 6.45) is 3.30. The normalized spacial score (nSPS) is 12.7. The molecule has 0 aliphatic carbocycles. The van der Waals surface area contributed by atoms with Gasteiger partial charge in [0.2, 0.25) is 0 Å². The quantitative estimate of drug-likeness (QED) is 0.719. The summed E-state index contributed by atoms with van der Waals surface area (Å²) in [6.45, 7) is 0. The minimum Gasteiger partial charge on any atom is -0.393 e. The zero-order chi connectivity index (χ0) is 10.2. The van der Waals surface area contributed by atoms with Gasteiger partial charge in [-0.2, -0.15) is 0 Å². The maximum atomic E-state index is 9.58. The molecule has 0 spiro atoms. The minimum atomic E-state index is -0.200. The number of aliphatic hydroxyl groups is 1. The number of alkyl halides is 1. The van der Waals surface area contributed by atoms with E-state index in [1.54, 1.807) is 0 Å². The molecular formula is C12H17ClO. The molecule has 1 unspecified atom stereocenters. The first kappa shape index (κ1) is 11.5. The van der Waals surface area contributed by atoms with Crippen LogP contribution >= 0.6 is 11.6 Å². The molecule has 0 aliphatic heterocycles. The van der Waals surface area contributed by atoms with Gasteiger partial charge in [-0.05, 0) is 31.2 Å². The zero-order valence-corrected chi connectivity index (χ0v) is 9.08. The van der Waals surface area contributed by atoms with Gasteiger partial charge in [0, 0.05) is 5.88 Å². The molecular weight excluding hydrogens is 196 g/mol. The fraction of sp³-hybridized carbons (Fsp3) is 0.500. The summed E-state index contributed by atoms with van der Waals surface area (Å²) in [5.74, 6) is 0.641. The molecule has 1 rings (SSSR count). The van der Waals surface area contributed by atoms with Crippen LogP contribution in [0.15, 0.2) is 30.3 Å². The number of hydrogen-bond donors (Lipinski definition) is 1. The van der Waals surface area contributed by atoms with Crippen LogP contribution < -0.4 is 0 Å². The second-order valence-corrected chi connectivity index (χ2v) is 3.89. The Morgan fingerprint density at radius 3 is 2.50 bits per heavy atom. The molecule has 1 aromatic rings. The van der Waals surface area contributed by atoms with Crippen molar-refractivity contribution in [1.82, 2.24) is 0 Å². The molecule has 0 saturated heterocycles. The van der Waals surface area contributed by atoms with Crippen molar-refractivity contribution >= 4 is 11.6 Å². The van der Waals surface area contributed by atoms with E-state index in [2.05, 4.69) is 12.1 Å². The van der Waals surface area contributed by atoms with Gasteiger partial charge < -0.3 is 5.11 Å². The molecule has 1 aromatic carbocycles. The molecule has 1 nitrogen and oxygen atoms in total. The Hall–Kier alpha value is -0.530. The summed E-state index contributed by atoms with van der Waals surface area (Å²) in [7, 11) is 0. The van der Waals surface area contributed by atoms with Gasteiger partial charge in [-0.3, -0.25) is 0 Å². The van der Waals surface area contributed by atoms with E-state index in [-0.39, 0.29) is 6.10 Å². The van der Waals surface area contributed by atoms with Gasteiger partial charge in [0.1, 0.15) is 0 Å². The highest BCUT2D eigenvalue weighted by molar-refractivity contribution is 6.17. The molecule has 0 fully saturated rings. The van der Waals surface area contributed by atoms with E-state index >= 15 is 0 Å². The van der Waals surface area contributed by atoms with Gasteiger partial charge in [-0.1, -0.05) is 30.3 Å².